The van der Waals surface area contributed by atoms with Crippen LogP contribution in [0.3, 0.4) is 0 Å². The summed E-state index contributed by atoms with van der Waals surface area (Å²) in [6.07, 6.45) is -2.09. The van der Waals surface area contributed by atoms with Gasteiger partial charge in [-0.1, -0.05) is 6.07 Å². The Hall–Kier alpha value is -4.45. The highest BCUT2D eigenvalue weighted by Gasteiger charge is 2.48. The third kappa shape index (κ3) is 4.88. The van der Waals surface area contributed by atoms with Crippen molar-refractivity contribution in [1.29, 1.82) is 5.26 Å². The summed E-state index contributed by atoms with van der Waals surface area (Å²) in [5.41, 5.74) is 1.00. The lowest BCUT2D eigenvalue weighted by Gasteiger charge is -2.35. The number of rotatable bonds is 5. The molecule has 0 saturated carbocycles. The molecule has 2 amide bonds. The van der Waals surface area contributed by atoms with E-state index in [1.807, 2.05) is 6.07 Å². The molecule has 3 aromatic rings. The Morgan fingerprint density at radius 3 is 2.71 bits per heavy atom. The number of halogens is 3. The van der Waals surface area contributed by atoms with Gasteiger partial charge in [-0.05, 0) is 48.2 Å². The molecule has 1 aromatic carbocycles. The van der Waals surface area contributed by atoms with E-state index in [1.165, 1.54) is 35.1 Å². The Balaban J connectivity index is 1.36. The number of fused-ring (bicyclic) bond motifs is 3. The molecule has 11 nitrogen and oxygen atoms in total. The highest BCUT2D eigenvalue weighted by atomic mass is 32.2. The van der Waals surface area contributed by atoms with E-state index in [4.69, 9.17) is 10.00 Å². The van der Waals surface area contributed by atoms with Crippen LogP contribution in [0.4, 0.5) is 13.2 Å². The summed E-state index contributed by atoms with van der Waals surface area (Å²) >= 11 is 0. The van der Waals surface area contributed by atoms with E-state index in [9.17, 15) is 31.2 Å². The molecule has 1 fully saturated rings. The number of aromatic nitrogens is 3. The molecule has 2 N–H and O–H groups in total. The molecule has 6 rings (SSSR count). The summed E-state index contributed by atoms with van der Waals surface area (Å²) < 4.78 is 67.1. The summed E-state index contributed by atoms with van der Waals surface area (Å²) in [5, 5.41) is 19.4. The molecule has 0 unspecified atom stereocenters. The van der Waals surface area contributed by atoms with Crippen LogP contribution in [-0.2, 0) is 28.2 Å². The molecule has 2 aromatic heterocycles. The fraction of sp³-hybridized carbons (Fsp3) is 0.346. The van der Waals surface area contributed by atoms with Crippen LogP contribution in [0.5, 0.6) is 5.75 Å². The third-order valence-corrected chi connectivity index (χ3v) is 9.20. The number of hydrogen-bond acceptors (Lipinski definition) is 8. The maximum Gasteiger partial charge on any atom is 0.422 e. The van der Waals surface area contributed by atoms with Crippen LogP contribution < -0.4 is 15.4 Å². The fourth-order valence-corrected chi connectivity index (χ4v) is 6.88. The lowest BCUT2D eigenvalue weighted by atomic mass is 9.82. The Kier molecular flexibility index (Phi) is 6.07. The largest absolute Gasteiger partial charge is 0.484 e. The normalized spacial score (nSPS) is 20.9. The predicted molar refractivity (Wildman–Crippen MR) is 135 cm³/mol. The van der Waals surface area contributed by atoms with Gasteiger partial charge >= 0.3 is 6.18 Å². The van der Waals surface area contributed by atoms with Crippen LogP contribution in [0.15, 0.2) is 36.5 Å². The second-order valence-corrected chi connectivity index (χ2v) is 12.4. The molecule has 15 heteroatoms. The summed E-state index contributed by atoms with van der Waals surface area (Å²) in [4.78, 5) is 31.3. The minimum atomic E-state index is -4.48. The SMILES string of the molecule is N#Cc1ccc(-n2nc3c(c2C(=O)NC2CS(=O)(=O)C2)C(=O)N[C@@]2(CCc4cc(OCC(F)(F)F)ccc42)C3)nc1. The van der Waals surface area contributed by atoms with Crippen molar-refractivity contribution in [2.75, 3.05) is 18.1 Å². The maximum absolute atomic E-state index is 13.6. The third-order valence-electron chi connectivity index (χ3n) is 7.38. The van der Waals surface area contributed by atoms with Gasteiger partial charge in [-0.3, -0.25) is 9.59 Å². The second-order valence-electron chi connectivity index (χ2n) is 10.3. The van der Waals surface area contributed by atoms with Gasteiger partial charge in [0.15, 0.2) is 22.3 Å². The zero-order chi connectivity index (χ0) is 29.2. The number of pyridine rings is 1. The number of ether oxygens (including phenoxy) is 1. The number of amides is 2. The Bertz CT molecular complexity index is 1730. The van der Waals surface area contributed by atoms with Crippen LogP contribution in [0.25, 0.3) is 5.82 Å². The number of benzene rings is 1. The first-order chi connectivity index (χ1) is 19.4. The fourth-order valence-electron chi connectivity index (χ4n) is 5.58. The molecule has 2 aliphatic heterocycles. The van der Waals surface area contributed by atoms with Crippen molar-refractivity contribution >= 4 is 21.7 Å². The molecule has 1 spiro atoms. The van der Waals surface area contributed by atoms with Gasteiger partial charge in [0.25, 0.3) is 11.8 Å². The van der Waals surface area contributed by atoms with E-state index < -0.39 is 46.0 Å². The maximum atomic E-state index is 13.6. The smallest absolute Gasteiger partial charge is 0.422 e. The summed E-state index contributed by atoms with van der Waals surface area (Å²) in [6, 6.07) is 8.87. The summed E-state index contributed by atoms with van der Waals surface area (Å²) in [5.74, 6) is -1.48. The molecule has 0 radical (unpaired) electrons. The van der Waals surface area contributed by atoms with E-state index in [-0.39, 0.29) is 46.3 Å². The summed E-state index contributed by atoms with van der Waals surface area (Å²) in [7, 11) is -3.23. The van der Waals surface area contributed by atoms with E-state index in [0.29, 0.717) is 24.1 Å². The molecular formula is C26H21F3N6O5S. The number of carbonyl (C=O) groups is 2. The summed E-state index contributed by atoms with van der Waals surface area (Å²) in [6.45, 7) is -1.42. The van der Waals surface area contributed by atoms with Gasteiger partial charge in [0.05, 0.1) is 39.9 Å². The van der Waals surface area contributed by atoms with E-state index in [1.54, 1.807) is 6.07 Å². The molecule has 41 heavy (non-hydrogen) atoms. The number of aryl methyl sites for hydroxylation is 1. The van der Waals surface area contributed by atoms with Gasteiger partial charge < -0.3 is 15.4 Å². The molecule has 0 bridgehead atoms. The molecule has 1 aliphatic carbocycles. The molecule has 4 heterocycles. The number of sulfone groups is 1. The highest BCUT2D eigenvalue weighted by molar-refractivity contribution is 7.92. The topological polar surface area (TPSA) is 156 Å². The molecule has 212 valence electrons. The van der Waals surface area contributed by atoms with Gasteiger partial charge in [-0.15, -0.1) is 0 Å². The van der Waals surface area contributed by atoms with Crippen LogP contribution in [-0.4, -0.2) is 65.3 Å². The highest BCUT2D eigenvalue weighted by Crippen LogP contribution is 2.44. The number of nitriles is 1. The number of nitrogens with one attached hydrogen (secondary N) is 2. The average Bonchev–Trinajstić information content (AvgIpc) is 3.45. The minimum absolute atomic E-state index is 0.0139. The van der Waals surface area contributed by atoms with Crippen molar-refractivity contribution in [1.82, 2.24) is 25.4 Å². The first-order valence-electron chi connectivity index (χ1n) is 12.5. The Labute approximate surface area is 231 Å². The quantitative estimate of drug-likeness (QED) is 0.458. The lowest BCUT2D eigenvalue weighted by Crippen LogP contribution is -2.54. The molecule has 1 saturated heterocycles. The predicted octanol–water partition coefficient (Wildman–Crippen LogP) is 1.73. The number of hydrogen-bond donors (Lipinski definition) is 2. The lowest BCUT2D eigenvalue weighted by molar-refractivity contribution is -0.153. The number of alkyl halides is 3. The Morgan fingerprint density at radius 1 is 1.27 bits per heavy atom. The van der Waals surface area contributed by atoms with Gasteiger partial charge in [0.2, 0.25) is 0 Å². The molecule has 1 atom stereocenters. The first-order valence-corrected chi connectivity index (χ1v) is 14.3. The zero-order valence-corrected chi connectivity index (χ0v) is 22.0. The van der Waals surface area contributed by atoms with Gasteiger partial charge in [-0.2, -0.15) is 23.5 Å². The van der Waals surface area contributed by atoms with Crippen LogP contribution in [0.2, 0.25) is 0 Å². The number of nitrogens with zero attached hydrogens (tertiary/aromatic N) is 4. The standard InChI is InChI=1S/C26H21F3N6O5S/c27-26(28,29)13-40-17-2-3-18-15(7-17)5-6-25(18)8-19-21(23(36)33-25)22(24(37)32-16-11-41(38,39)12-16)35(34-19)20-4-1-14(9-30)10-31-20/h1-4,7,10,16H,5-6,8,11-13H2,(H,32,37)(H,33,36)/t25-/m0/s1. The average molecular weight is 587 g/mol. The van der Waals surface area contributed by atoms with Crippen molar-refractivity contribution in [2.24, 2.45) is 0 Å². The van der Waals surface area contributed by atoms with E-state index >= 15 is 0 Å². The van der Waals surface area contributed by atoms with Crippen molar-refractivity contribution < 1.29 is 35.9 Å². The van der Waals surface area contributed by atoms with E-state index in [0.717, 1.165) is 5.56 Å². The van der Waals surface area contributed by atoms with Crippen LogP contribution >= 0.6 is 0 Å². The van der Waals surface area contributed by atoms with Crippen molar-refractivity contribution in [2.45, 2.75) is 37.0 Å². The van der Waals surface area contributed by atoms with Gasteiger partial charge in [0.1, 0.15) is 17.5 Å². The van der Waals surface area contributed by atoms with E-state index in [2.05, 4.69) is 20.7 Å². The molecule has 3 aliphatic rings. The number of carbonyl (C=O) groups excluding carboxylic acids is 2. The van der Waals surface area contributed by atoms with Crippen molar-refractivity contribution in [3.63, 3.8) is 0 Å². The first kappa shape index (κ1) is 26.8. The monoisotopic (exact) mass is 586 g/mol. The van der Waals surface area contributed by atoms with Crippen LogP contribution in [0, 0.1) is 11.3 Å². The zero-order valence-electron chi connectivity index (χ0n) is 21.2. The van der Waals surface area contributed by atoms with Gasteiger partial charge in [-0.25, -0.2) is 18.1 Å². The van der Waals surface area contributed by atoms with Gasteiger partial charge in [0, 0.05) is 12.6 Å². The minimum Gasteiger partial charge on any atom is -0.484 e. The molecular weight excluding hydrogens is 565 g/mol. The second kappa shape index (κ2) is 9.30. The van der Waals surface area contributed by atoms with Crippen molar-refractivity contribution in [3.05, 3.63) is 70.2 Å². The Morgan fingerprint density at radius 2 is 2.05 bits per heavy atom. The van der Waals surface area contributed by atoms with Crippen molar-refractivity contribution in [3.8, 4) is 17.6 Å². The van der Waals surface area contributed by atoms with Crippen LogP contribution in [0.1, 0.15) is 49.7 Å².